The van der Waals surface area contributed by atoms with Gasteiger partial charge in [0.2, 0.25) is 0 Å². The van der Waals surface area contributed by atoms with Crippen LogP contribution in [0.3, 0.4) is 0 Å². The van der Waals surface area contributed by atoms with Gasteiger partial charge in [-0.3, -0.25) is 0 Å². The van der Waals surface area contributed by atoms with Gasteiger partial charge in [0.05, 0.1) is 13.7 Å². The lowest BCUT2D eigenvalue weighted by molar-refractivity contribution is 0.310. The van der Waals surface area contributed by atoms with Crippen LogP contribution in [-0.2, 0) is 6.54 Å². The Balaban J connectivity index is 1.88. The highest BCUT2D eigenvalue weighted by molar-refractivity contribution is 9.10. The zero-order chi connectivity index (χ0) is 15.8. The van der Waals surface area contributed by atoms with Crippen LogP contribution < -0.4 is 14.8 Å². The molecule has 0 fully saturated rings. The van der Waals surface area contributed by atoms with Crippen LogP contribution in [0.25, 0.3) is 0 Å². The van der Waals surface area contributed by atoms with Crippen LogP contribution in [0.15, 0.2) is 28.3 Å². The molecule has 1 aliphatic rings. The Morgan fingerprint density at radius 1 is 1.23 bits per heavy atom. The Morgan fingerprint density at radius 3 is 2.77 bits per heavy atom. The highest BCUT2D eigenvalue weighted by Crippen LogP contribution is 2.33. The molecule has 0 bridgehead atoms. The van der Waals surface area contributed by atoms with Crippen molar-refractivity contribution in [2.75, 3.05) is 20.3 Å². The molecule has 0 amide bonds. The van der Waals surface area contributed by atoms with Crippen LogP contribution in [0.1, 0.15) is 44.6 Å². The van der Waals surface area contributed by atoms with Crippen molar-refractivity contribution < 1.29 is 9.47 Å². The second-order valence-electron chi connectivity index (χ2n) is 5.56. The summed E-state index contributed by atoms with van der Waals surface area (Å²) < 4.78 is 12.1. The van der Waals surface area contributed by atoms with Gasteiger partial charge in [-0.15, -0.1) is 0 Å². The summed E-state index contributed by atoms with van der Waals surface area (Å²) in [4.78, 5) is 0. The molecule has 1 aliphatic carbocycles. The predicted molar refractivity (Wildman–Crippen MR) is 94.7 cm³/mol. The molecule has 0 atom stereocenters. The molecular weight excluding hydrogens is 342 g/mol. The summed E-state index contributed by atoms with van der Waals surface area (Å²) in [5.74, 6) is 1.57. The van der Waals surface area contributed by atoms with Crippen LogP contribution >= 0.6 is 15.9 Å². The van der Waals surface area contributed by atoms with Gasteiger partial charge in [0, 0.05) is 11.0 Å². The third-order valence-corrected chi connectivity index (χ3v) is 4.69. The Labute approximate surface area is 142 Å². The van der Waals surface area contributed by atoms with E-state index >= 15 is 0 Å². The van der Waals surface area contributed by atoms with Gasteiger partial charge >= 0.3 is 0 Å². The lowest BCUT2D eigenvalue weighted by atomic mass is 9.97. The van der Waals surface area contributed by atoms with Crippen molar-refractivity contribution in [2.24, 2.45) is 0 Å². The number of nitrogens with one attached hydrogen (secondary N) is 1. The molecule has 122 valence electrons. The van der Waals surface area contributed by atoms with E-state index in [0.29, 0.717) is 6.61 Å². The van der Waals surface area contributed by atoms with Crippen molar-refractivity contribution in [3.05, 3.63) is 33.8 Å². The maximum atomic E-state index is 5.64. The first-order valence-electron chi connectivity index (χ1n) is 8.12. The van der Waals surface area contributed by atoms with Gasteiger partial charge in [0.15, 0.2) is 11.5 Å². The molecule has 0 radical (unpaired) electrons. The molecule has 2 rings (SSSR count). The molecule has 0 saturated heterocycles. The summed E-state index contributed by atoms with van der Waals surface area (Å²) in [5.41, 5.74) is 2.81. The van der Waals surface area contributed by atoms with Crippen molar-refractivity contribution in [1.29, 1.82) is 0 Å². The van der Waals surface area contributed by atoms with Crippen molar-refractivity contribution in [1.82, 2.24) is 5.32 Å². The fourth-order valence-electron chi connectivity index (χ4n) is 2.74. The highest BCUT2D eigenvalue weighted by Gasteiger charge is 2.10. The standard InChI is InChI=1S/C18H26BrNO2/c1-3-22-18-11-15(16(19)12-17(18)21-2)13-20-10-9-14-7-5-4-6-8-14/h7,11-12,20H,3-6,8-10,13H2,1-2H3. The number of allylic oxidation sites excluding steroid dienone is 1. The molecule has 0 heterocycles. The van der Waals surface area contributed by atoms with Crippen LogP contribution in [0.5, 0.6) is 11.5 Å². The van der Waals surface area contributed by atoms with E-state index in [2.05, 4.69) is 33.4 Å². The van der Waals surface area contributed by atoms with Crippen molar-refractivity contribution >= 4 is 15.9 Å². The first-order chi connectivity index (χ1) is 10.7. The van der Waals surface area contributed by atoms with Crippen molar-refractivity contribution in [2.45, 2.75) is 45.6 Å². The summed E-state index contributed by atoms with van der Waals surface area (Å²) in [6.07, 6.45) is 8.83. The van der Waals surface area contributed by atoms with Crippen LogP contribution in [0, 0.1) is 0 Å². The van der Waals surface area contributed by atoms with Gasteiger partial charge in [-0.25, -0.2) is 0 Å². The monoisotopic (exact) mass is 367 g/mol. The third-order valence-electron chi connectivity index (χ3n) is 3.96. The molecular formula is C18H26BrNO2. The van der Waals surface area contributed by atoms with Gasteiger partial charge in [0.1, 0.15) is 0 Å². The third kappa shape index (κ3) is 5.03. The van der Waals surface area contributed by atoms with E-state index in [1.807, 2.05) is 13.0 Å². The van der Waals surface area contributed by atoms with Gasteiger partial charge in [0.25, 0.3) is 0 Å². The van der Waals surface area contributed by atoms with Gasteiger partial charge in [-0.1, -0.05) is 27.6 Å². The Hall–Kier alpha value is -1.00. The van der Waals surface area contributed by atoms with E-state index in [1.54, 1.807) is 12.7 Å². The van der Waals surface area contributed by atoms with Crippen LogP contribution in [0.2, 0.25) is 0 Å². The molecule has 0 aliphatic heterocycles. The second kappa shape index (κ2) is 9.21. The first kappa shape index (κ1) is 17.4. The smallest absolute Gasteiger partial charge is 0.161 e. The number of benzene rings is 1. The Kier molecular flexibility index (Phi) is 7.26. The summed E-state index contributed by atoms with van der Waals surface area (Å²) in [6.45, 7) is 4.47. The van der Waals surface area contributed by atoms with Crippen LogP contribution in [-0.4, -0.2) is 20.3 Å². The van der Waals surface area contributed by atoms with Gasteiger partial charge < -0.3 is 14.8 Å². The quantitative estimate of drug-likeness (QED) is 0.526. The number of rotatable bonds is 8. The molecule has 1 aromatic rings. The minimum Gasteiger partial charge on any atom is -0.493 e. The number of hydrogen-bond acceptors (Lipinski definition) is 3. The number of halogens is 1. The molecule has 22 heavy (non-hydrogen) atoms. The average molecular weight is 368 g/mol. The zero-order valence-corrected chi connectivity index (χ0v) is 15.2. The zero-order valence-electron chi connectivity index (χ0n) is 13.6. The molecule has 0 aromatic heterocycles. The van der Waals surface area contributed by atoms with E-state index in [0.717, 1.165) is 35.5 Å². The van der Waals surface area contributed by atoms with Crippen LogP contribution in [0.4, 0.5) is 0 Å². The predicted octanol–water partition coefficient (Wildman–Crippen LogP) is 4.84. The maximum Gasteiger partial charge on any atom is 0.161 e. The molecule has 1 N–H and O–H groups in total. The largest absolute Gasteiger partial charge is 0.493 e. The van der Waals surface area contributed by atoms with E-state index in [-0.39, 0.29) is 0 Å². The van der Waals surface area contributed by atoms with E-state index in [1.165, 1.54) is 31.2 Å². The highest BCUT2D eigenvalue weighted by atomic mass is 79.9. The number of ether oxygens (including phenoxy) is 2. The van der Waals surface area contributed by atoms with E-state index in [4.69, 9.17) is 9.47 Å². The molecule has 0 saturated carbocycles. The molecule has 1 aromatic carbocycles. The first-order valence-corrected chi connectivity index (χ1v) is 8.91. The van der Waals surface area contributed by atoms with Gasteiger partial charge in [-0.05, 0) is 63.3 Å². The van der Waals surface area contributed by atoms with Crippen molar-refractivity contribution in [3.8, 4) is 11.5 Å². The lowest BCUT2D eigenvalue weighted by Crippen LogP contribution is -2.16. The van der Waals surface area contributed by atoms with E-state index in [9.17, 15) is 0 Å². The maximum absolute atomic E-state index is 5.64. The average Bonchev–Trinajstić information content (AvgIpc) is 2.55. The summed E-state index contributed by atoms with van der Waals surface area (Å²) >= 11 is 3.61. The molecule has 4 heteroatoms. The normalized spacial score (nSPS) is 14.6. The molecule has 0 spiro atoms. The minimum absolute atomic E-state index is 0.638. The summed E-state index contributed by atoms with van der Waals surface area (Å²) in [6, 6.07) is 4.03. The summed E-state index contributed by atoms with van der Waals surface area (Å²) in [5, 5.41) is 3.53. The Morgan fingerprint density at radius 2 is 2.09 bits per heavy atom. The molecule has 0 unspecified atom stereocenters. The van der Waals surface area contributed by atoms with E-state index < -0.39 is 0 Å². The lowest BCUT2D eigenvalue weighted by Gasteiger charge is -2.15. The minimum atomic E-state index is 0.638. The molecule has 3 nitrogen and oxygen atoms in total. The number of hydrogen-bond donors (Lipinski definition) is 1. The summed E-state index contributed by atoms with van der Waals surface area (Å²) in [7, 11) is 1.67. The number of methoxy groups -OCH3 is 1. The topological polar surface area (TPSA) is 30.5 Å². The van der Waals surface area contributed by atoms with Crippen molar-refractivity contribution in [3.63, 3.8) is 0 Å². The second-order valence-corrected chi connectivity index (χ2v) is 6.42. The SMILES string of the molecule is CCOc1cc(CNCCC2=CCCCC2)c(Br)cc1OC. The fourth-order valence-corrected chi connectivity index (χ4v) is 3.21. The van der Waals surface area contributed by atoms with Gasteiger partial charge in [-0.2, -0.15) is 0 Å². The Bertz CT molecular complexity index is 514. The fraction of sp³-hybridized carbons (Fsp3) is 0.556.